The van der Waals surface area contributed by atoms with Gasteiger partial charge in [-0.05, 0) is 46.3 Å². The second-order valence-corrected chi connectivity index (χ2v) is 5.58. The van der Waals surface area contributed by atoms with Gasteiger partial charge in [-0.25, -0.2) is 0 Å². The van der Waals surface area contributed by atoms with Gasteiger partial charge in [0.2, 0.25) is 0 Å². The summed E-state index contributed by atoms with van der Waals surface area (Å²) in [6, 6.07) is 2.10. The molecule has 1 fully saturated rings. The summed E-state index contributed by atoms with van der Waals surface area (Å²) in [7, 11) is 0. The Kier molecular flexibility index (Phi) is 2.33. The lowest BCUT2D eigenvalue weighted by atomic mass is 9.80. The van der Waals surface area contributed by atoms with Gasteiger partial charge < -0.3 is 0 Å². The highest BCUT2D eigenvalue weighted by Crippen LogP contribution is 2.41. The van der Waals surface area contributed by atoms with Crippen molar-refractivity contribution in [3.8, 4) is 0 Å². The average Bonchev–Trinajstić information content (AvgIpc) is 2.27. The number of halogens is 1. The van der Waals surface area contributed by atoms with Crippen molar-refractivity contribution in [2.45, 2.75) is 25.2 Å². The number of thiophene rings is 1. The second-order valence-electron chi connectivity index (χ2n) is 3.12. The molecule has 1 saturated carbocycles. The summed E-state index contributed by atoms with van der Waals surface area (Å²) in [5.74, 6) is 0.660. The number of carbonyl (C=O) groups is 1. The number of rotatable bonds is 2. The minimum Gasteiger partial charge on any atom is -0.297 e. The van der Waals surface area contributed by atoms with E-state index in [2.05, 4.69) is 22.0 Å². The van der Waals surface area contributed by atoms with Crippen LogP contribution >= 0.6 is 27.3 Å². The van der Waals surface area contributed by atoms with Crippen molar-refractivity contribution in [3.05, 3.63) is 20.3 Å². The summed E-state index contributed by atoms with van der Waals surface area (Å²) in [5, 5.41) is 0. The molecule has 1 nitrogen and oxygen atoms in total. The monoisotopic (exact) mass is 244 g/mol. The predicted octanol–water partition coefficient (Wildman–Crippen LogP) is 3.59. The first-order valence-electron chi connectivity index (χ1n) is 4.05. The van der Waals surface area contributed by atoms with Gasteiger partial charge in [0.1, 0.15) is 0 Å². The summed E-state index contributed by atoms with van der Waals surface area (Å²) in [5.41, 5.74) is 1.26. The minimum atomic E-state index is 0.660. The molecule has 3 heteroatoms. The highest BCUT2D eigenvalue weighted by atomic mass is 79.9. The van der Waals surface area contributed by atoms with E-state index in [-0.39, 0.29) is 0 Å². The normalized spacial score (nSPS) is 17.4. The third kappa shape index (κ3) is 1.36. The van der Waals surface area contributed by atoms with E-state index in [0.717, 1.165) is 14.9 Å². The van der Waals surface area contributed by atoms with Crippen LogP contribution in [0.4, 0.5) is 0 Å². The smallest absolute Gasteiger partial charge is 0.160 e. The van der Waals surface area contributed by atoms with Gasteiger partial charge in [0.25, 0.3) is 0 Å². The molecule has 0 aliphatic heterocycles. The molecule has 0 atom stereocenters. The van der Waals surface area contributed by atoms with Crippen molar-refractivity contribution in [2.24, 2.45) is 0 Å². The van der Waals surface area contributed by atoms with Crippen molar-refractivity contribution in [3.63, 3.8) is 0 Å². The lowest BCUT2D eigenvalue weighted by molar-refractivity contribution is 0.112. The Morgan fingerprint density at radius 3 is 2.83 bits per heavy atom. The molecule has 1 aliphatic carbocycles. The highest BCUT2D eigenvalue weighted by Gasteiger charge is 2.23. The fourth-order valence-electron chi connectivity index (χ4n) is 1.52. The van der Waals surface area contributed by atoms with Crippen LogP contribution in [0.5, 0.6) is 0 Å². The van der Waals surface area contributed by atoms with Crippen LogP contribution in [0.15, 0.2) is 9.85 Å². The number of aldehydes is 1. The molecule has 0 bridgehead atoms. The highest BCUT2D eigenvalue weighted by molar-refractivity contribution is 9.11. The maximum absolute atomic E-state index is 10.7. The van der Waals surface area contributed by atoms with Crippen LogP contribution < -0.4 is 0 Å². The van der Waals surface area contributed by atoms with E-state index >= 15 is 0 Å². The standard InChI is InChI=1S/C9H9BrOS/c10-9-4-7(6-2-1-3-6)8(5-11)12-9/h4-6H,1-3H2. The van der Waals surface area contributed by atoms with Gasteiger partial charge in [0.15, 0.2) is 6.29 Å². The summed E-state index contributed by atoms with van der Waals surface area (Å²) < 4.78 is 1.08. The first-order valence-corrected chi connectivity index (χ1v) is 5.66. The Bertz CT molecular complexity index is 301. The van der Waals surface area contributed by atoms with Crippen LogP contribution in [-0.4, -0.2) is 6.29 Å². The number of hydrogen-bond acceptors (Lipinski definition) is 2. The molecule has 1 aromatic heterocycles. The van der Waals surface area contributed by atoms with Crippen LogP contribution in [0.25, 0.3) is 0 Å². The van der Waals surface area contributed by atoms with Gasteiger partial charge in [-0.3, -0.25) is 4.79 Å². The number of carbonyl (C=O) groups excluding carboxylic acids is 1. The molecule has 1 heterocycles. The zero-order valence-electron chi connectivity index (χ0n) is 6.55. The molecule has 12 heavy (non-hydrogen) atoms. The van der Waals surface area contributed by atoms with E-state index in [1.54, 1.807) is 11.3 Å². The predicted molar refractivity (Wildman–Crippen MR) is 54.0 cm³/mol. The molecule has 0 saturated heterocycles. The summed E-state index contributed by atoms with van der Waals surface area (Å²) in [6.07, 6.45) is 4.80. The first-order chi connectivity index (χ1) is 5.81. The first kappa shape index (κ1) is 8.45. The Hall–Kier alpha value is -0.150. The van der Waals surface area contributed by atoms with E-state index in [1.165, 1.54) is 24.8 Å². The molecule has 1 aromatic rings. The van der Waals surface area contributed by atoms with Crippen LogP contribution in [0.2, 0.25) is 0 Å². The van der Waals surface area contributed by atoms with Crippen LogP contribution in [0.3, 0.4) is 0 Å². The fourth-order valence-corrected chi connectivity index (χ4v) is 3.07. The van der Waals surface area contributed by atoms with Crippen molar-refractivity contribution < 1.29 is 4.79 Å². The molecule has 1 aliphatic rings. The molecule has 2 rings (SSSR count). The number of hydrogen-bond donors (Lipinski definition) is 0. The molecule has 0 N–H and O–H groups in total. The Morgan fingerprint density at radius 2 is 2.33 bits per heavy atom. The third-order valence-electron chi connectivity index (χ3n) is 2.41. The molecule has 0 spiro atoms. The van der Waals surface area contributed by atoms with Crippen LogP contribution in [0, 0.1) is 0 Å². The van der Waals surface area contributed by atoms with Crippen LogP contribution in [-0.2, 0) is 0 Å². The van der Waals surface area contributed by atoms with Crippen molar-refractivity contribution in [1.82, 2.24) is 0 Å². The Labute approximate surface area is 83.9 Å². The molecular formula is C9H9BrOS. The molecule has 0 unspecified atom stereocenters. The summed E-state index contributed by atoms with van der Waals surface area (Å²) in [4.78, 5) is 11.6. The lowest BCUT2D eigenvalue weighted by Gasteiger charge is -2.24. The van der Waals surface area contributed by atoms with Gasteiger partial charge in [-0.1, -0.05) is 6.42 Å². The maximum Gasteiger partial charge on any atom is 0.160 e. The fraction of sp³-hybridized carbons (Fsp3) is 0.444. The van der Waals surface area contributed by atoms with Crippen molar-refractivity contribution in [1.29, 1.82) is 0 Å². The molecule has 64 valence electrons. The quantitative estimate of drug-likeness (QED) is 0.727. The average molecular weight is 245 g/mol. The topological polar surface area (TPSA) is 17.1 Å². The van der Waals surface area contributed by atoms with Crippen molar-refractivity contribution >= 4 is 33.6 Å². The van der Waals surface area contributed by atoms with Crippen molar-refractivity contribution in [2.75, 3.05) is 0 Å². The molecule has 0 radical (unpaired) electrons. The molecule has 0 aromatic carbocycles. The molecule has 0 amide bonds. The second kappa shape index (κ2) is 3.30. The lowest BCUT2D eigenvalue weighted by Crippen LogP contribution is -2.09. The maximum atomic E-state index is 10.7. The third-order valence-corrected chi connectivity index (χ3v) is 3.99. The van der Waals surface area contributed by atoms with Gasteiger partial charge in [-0.15, -0.1) is 11.3 Å². The summed E-state index contributed by atoms with van der Waals surface area (Å²) in [6.45, 7) is 0. The van der Waals surface area contributed by atoms with Gasteiger partial charge in [-0.2, -0.15) is 0 Å². The van der Waals surface area contributed by atoms with Crippen LogP contribution in [0.1, 0.15) is 40.4 Å². The van der Waals surface area contributed by atoms with E-state index in [1.807, 2.05) is 0 Å². The van der Waals surface area contributed by atoms with Gasteiger partial charge in [0, 0.05) is 0 Å². The summed E-state index contributed by atoms with van der Waals surface area (Å²) >= 11 is 4.95. The van der Waals surface area contributed by atoms with Gasteiger partial charge in [0.05, 0.1) is 8.66 Å². The van der Waals surface area contributed by atoms with E-state index in [0.29, 0.717) is 5.92 Å². The zero-order chi connectivity index (χ0) is 8.55. The Balaban J connectivity index is 2.33. The largest absolute Gasteiger partial charge is 0.297 e. The zero-order valence-corrected chi connectivity index (χ0v) is 8.95. The van der Waals surface area contributed by atoms with Gasteiger partial charge >= 0.3 is 0 Å². The SMILES string of the molecule is O=Cc1sc(Br)cc1C1CCC1. The minimum absolute atomic E-state index is 0.660. The van der Waals surface area contributed by atoms with E-state index < -0.39 is 0 Å². The molecular weight excluding hydrogens is 236 g/mol. The van der Waals surface area contributed by atoms with E-state index in [4.69, 9.17) is 0 Å². The van der Waals surface area contributed by atoms with E-state index in [9.17, 15) is 4.79 Å². The Morgan fingerprint density at radius 1 is 1.58 bits per heavy atom.